The van der Waals surface area contributed by atoms with Gasteiger partial charge in [0.2, 0.25) is 5.71 Å². The second-order valence-corrected chi connectivity index (χ2v) is 7.66. The third-order valence-corrected chi connectivity index (χ3v) is 5.70. The maximum atomic E-state index is 12.8. The van der Waals surface area contributed by atoms with Crippen molar-refractivity contribution in [3.8, 4) is 5.75 Å². The molecule has 0 bridgehead atoms. The van der Waals surface area contributed by atoms with Gasteiger partial charge in [0.1, 0.15) is 23.2 Å². The Kier molecular flexibility index (Phi) is 5.94. The van der Waals surface area contributed by atoms with E-state index >= 15 is 0 Å². The minimum atomic E-state index is -0.307. The van der Waals surface area contributed by atoms with Gasteiger partial charge >= 0.3 is 0 Å². The highest BCUT2D eigenvalue weighted by atomic mass is 16.5. The lowest BCUT2D eigenvalue weighted by Crippen LogP contribution is -2.48. The normalized spacial score (nSPS) is 14.7. The molecule has 1 aliphatic heterocycles. The van der Waals surface area contributed by atoms with E-state index in [0.29, 0.717) is 12.3 Å². The number of benzene rings is 1. The van der Waals surface area contributed by atoms with Crippen molar-refractivity contribution in [3.63, 3.8) is 0 Å². The number of carbonyl (C=O) groups is 1. The van der Waals surface area contributed by atoms with Crippen molar-refractivity contribution >= 4 is 22.7 Å². The van der Waals surface area contributed by atoms with E-state index in [-0.39, 0.29) is 28.1 Å². The first-order valence-electron chi connectivity index (χ1n) is 10.3. The predicted molar refractivity (Wildman–Crippen MR) is 118 cm³/mol. The number of hydrogen-bond donors (Lipinski definition) is 1. The van der Waals surface area contributed by atoms with Crippen LogP contribution in [0, 0.1) is 6.92 Å². The highest BCUT2D eigenvalue weighted by molar-refractivity contribution is 6.06. The van der Waals surface area contributed by atoms with Crippen LogP contribution < -0.4 is 20.5 Å². The molecule has 0 saturated carbocycles. The van der Waals surface area contributed by atoms with Crippen LogP contribution in [0.5, 0.6) is 5.75 Å². The van der Waals surface area contributed by atoms with Crippen LogP contribution in [0.1, 0.15) is 16.1 Å². The number of fused-ring (bicyclic) bond motifs is 1. The van der Waals surface area contributed by atoms with Crippen molar-refractivity contribution in [1.29, 1.82) is 0 Å². The number of aromatic nitrogens is 2. The third kappa shape index (κ3) is 4.27. The maximum Gasteiger partial charge on any atom is 0.265 e. The standard InChI is InChI=1S/C22H27N5O4/c1-15-18(19-21(31-15)24-14-25(2)22(19)29)20(28)23-8-9-26-10-12-27(13-11-26)16-4-6-17(30-3)7-5-16/h4-7,14H,8-13H2,1-3H3,(H,23,28). The van der Waals surface area contributed by atoms with Crippen LogP contribution >= 0.6 is 0 Å². The zero-order valence-electron chi connectivity index (χ0n) is 18.1. The summed E-state index contributed by atoms with van der Waals surface area (Å²) in [7, 11) is 3.27. The molecule has 9 nitrogen and oxygen atoms in total. The van der Waals surface area contributed by atoms with Gasteiger partial charge in [-0.25, -0.2) is 4.98 Å². The van der Waals surface area contributed by atoms with E-state index in [2.05, 4.69) is 32.2 Å². The molecule has 31 heavy (non-hydrogen) atoms. The van der Waals surface area contributed by atoms with Gasteiger partial charge in [-0.3, -0.25) is 14.5 Å². The van der Waals surface area contributed by atoms with Crippen LogP contribution in [0.15, 0.2) is 39.8 Å². The summed E-state index contributed by atoms with van der Waals surface area (Å²) >= 11 is 0. The van der Waals surface area contributed by atoms with Crippen molar-refractivity contribution in [2.75, 3.05) is 51.3 Å². The Morgan fingerprint density at radius 1 is 1.19 bits per heavy atom. The number of hydrogen-bond acceptors (Lipinski definition) is 7. The number of anilines is 1. The largest absolute Gasteiger partial charge is 0.497 e. The van der Waals surface area contributed by atoms with E-state index in [4.69, 9.17) is 9.15 Å². The van der Waals surface area contributed by atoms with Gasteiger partial charge in [-0.05, 0) is 31.2 Å². The second kappa shape index (κ2) is 8.81. The molecule has 1 aromatic carbocycles. The Hall–Kier alpha value is -3.33. The molecule has 9 heteroatoms. The van der Waals surface area contributed by atoms with Crippen LogP contribution in [-0.4, -0.2) is 66.7 Å². The first-order chi connectivity index (χ1) is 15.0. The SMILES string of the molecule is COc1ccc(N2CCN(CCNC(=O)c3c(C)oc4ncn(C)c(=O)c34)CC2)cc1. The lowest BCUT2D eigenvalue weighted by Gasteiger charge is -2.36. The molecule has 1 N–H and O–H groups in total. The number of aryl methyl sites for hydroxylation is 2. The highest BCUT2D eigenvalue weighted by Crippen LogP contribution is 2.21. The summed E-state index contributed by atoms with van der Waals surface area (Å²) in [4.78, 5) is 33.9. The van der Waals surface area contributed by atoms with E-state index < -0.39 is 0 Å². The third-order valence-electron chi connectivity index (χ3n) is 5.70. The first-order valence-corrected chi connectivity index (χ1v) is 10.3. The molecular formula is C22H27N5O4. The van der Waals surface area contributed by atoms with Crippen LogP contribution in [0.4, 0.5) is 5.69 Å². The van der Waals surface area contributed by atoms with Gasteiger partial charge in [0.15, 0.2) is 0 Å². The quantitative estimate of drug-likeness (QED) is 0.638. The maximum absolute atomic E-state index is 12.8. The molecule has 164 valence electrons. The van der Waals surface area contributed by atoms with Gasteiger partial charge < -0.3 is 23.9 Å². The summed E-state index contributed by atoms with van der Waals surface area (Å²) in [5.41, 5.74) is 1.36. The molecule has 0 radical (unpaired) electrons. The summed E-state index contributed by atoms with van der Waals surface area (Å²) in [5, 5.41) is 3.15. The molecule has 2 aromatic heterocycles. The van der Waals surface area contributed by atoms with Crippen molar-refractivity contribution in [2.24, 2.45) is 7.05 Å². The fourth-order valence-electron chi connectivity index (χ4n) is 3.90. The van der Waals surface area contributed by atoms with Gasteiger partial charge in [-0.1, -0.05) is 0 Å². The Labute approximate surface area is 180 Å². The molecule has 1 fully saturated rings. The lowest BCUT2D eigenvalue weighted by molar-refractivity contribution is 0.0947. The van der Waals surface area contributed by atoms with E-state index in [9.17, 15) is 9.59 Å². The number of carbonyl (C=O) groups excluding carboxylic acids is 1. The number of amides is 1. The number of piperazine rings is 1. The number of ether oxygens (including phenoxy) is 1. The Balaban J connectivity index is 1.31. The second-order valence-electron chi connectivity index (χ2n) is 7.66. The van der Waals surface area contributed by atoms with Crippen molar-refractivity contribution in [3.05, 3.63) is 52.3 Å². The molecule has 0 unspecified atom stereocenters. The van der Waals surface area contributed by atoms with Gasteiger partial charge in [0.05, 0.1) is 12.7 Å². The zero-order chi connectivity index (χ0) is 22.0. The van der Waals surface area contributed by atoms with Gasteiger partial charge in [-0.2, -0.15) is 0 Å². The predicted octanol–water partition coefficient (Wildman–Crippen LogP) is 1.40. The van der Waals surface area contributed by atoms with Crippen molar-refractivity contribution in [2.45, 2.75) is 6.92 Å². The summed E-state index contributed by atoms with van der Waals surface area (Å²) in [5.74, 6) is 0.946. The molecule has 1 amide bonds. The van der Waals surface area contributed by atoms with E-state index in [1.807, 2.05) is 12.1 Å². The smallest absolute Gasteiger partial charge is 0.265 e. The number of rotatable bonds is 6. The summed E-state index contributed by atoms with van der Waals surface area (Å²) in [6.45, 7) is 6.59. The van der Waals surface area contributed by atoms with Crippen molar-refractivity contribution < 1.29 is 13.9 Å². The molecule has 1 saturated heterocycles. The van der Waals surface area contributed by atoms with E-state index in [1.54, 1.807) is 21.1 Å². The molecule has 1 aliphatic rings. The number of nitrogens with zero attached hydrogens (tertiary/aromatic N) is 4. The lowest BCUT2D eigenvalue weighted by atomic mass is 10.2. The Bertz CT molecular complexity index is 1130. The molecular weight excluding hydrogens is 398 g/mol. The fraction of sp³-hybridized carbons (Fsp3) is 0.409. The van der Waals surface area contributed by atoms with Gasteiger partial charge in [0.25, 0.3) is 11.5 Å². The molecule has 0 atom stereocenters. The average Bonchev–Trinajstić information content (AvgIpc) is 3.13. The monoisotopic (exact) mass is 425 g/mol. The summed E-state index contributed by atoms with van der Waals surface area (Å²) in [6, 6.07) is 8.10. The topological polar surface area (TPSA) is 92.8 Å². The zero-order valence-corrected chi connectivity index (χ0v) is 18.1. The average molecular weight is 425 g/mol. The molecule has 3 heterocycles. The minimum absolute atomic E-state index is 0.195. The molecule has 0 aliphatic carbocycles. The van der Waals surface area contributed by atoms with Crippen LogP contribution in [-0.2, 0) is 7.05 Å². The van der Waals surface area contributed by atoms with Crippen LogP contribution in [0.2, 0.25) is 0 Å². The molecule has 4 rings (SSSR count). The fourth-order valence-corrected chi connectivity index (χ4v) is 3.90. The van der Waals surface area contributed by atoms with E-state index in [0.717, 1.165) is 38.5 Å². The highest BCUT2D eigenvalue weighted by Gasteiger charge is 2.23. The van der Waals surface area contributed by atoms with Crippen LogP contribution in [0.3, 0.4) is 0 Å². The Morgan fingerprint density at radius 2 is 1.90 bits per heavy atom. The van der Waals surface area contributed by atoms with Gasteiger partial charge in [0, 0.05) is 52.0 Å². The summed E-state index contributed by atoms with van der Waals surface area (Å²) < 4.78 is 12.1. The Morgan fingerprint density at radius 3 is 2.58 bits per heavy atom. The van der Waals surface area contributed by atoms with Gasteiger partial charge in [-0.15, -0.1) is 0 Å². The van der Waals surface area contributed by atoms with E-state index in [1.165, 1.54) is 16.6 Å². The molecule has 0 spiro atoms. The first kappa shape index (κ1) is 20.9. The number of nitrogens with one attached hydrogen (secondary N) is 1. The number of methoxy groups -OCH3 is 1. The van der Waals surface area contributed by atoms with Crippen molar-refractivity contribution in [1.82, 2.24) is 19.8 Å². The minimum Gasteiger partial charge on any atom is -0.497 e. The molecule has 3 aromatic rings. The van der Waals surface area contributed by atoms with Crippen LogP contribution in [0.25, 0.3) is 11.1 Å². The summed E-state index contributed by atoms with van der Waals surface area (Å²) in [6.07, 6.45) is 1.39. The number of furan rings is 1.